The second-order valence-corrected chi connectivity index (χ2v) is 3.72. The van der Waals surface area contributed by atoms with Crippen molar-refractivity contribution < 1.29 is 42.3 Å². The molecule has 0 aromatic heterocycles. The van der Waals surface area contributed by atoms with Gasteiger partial charge in [0, 0.05) is 52.1 Å². The fourth-order valence-electron chi connectivity index (χ4n) is 1.86. The molecule has 17 heavy (non-hydrogen) atoms. The molecule has 3 nitrogen and oxygen atoms in total. The summed E-state index contributed by atoms with van der Waals surface area (Å²) in [7, 11) is 1.55. The molecular formula is C13H15NO2Y-2. The van der Waals surface area contributed by atoms with E-state index in [-0.39, 0.29) is 57.9 Å². The van der Waals surface area contributed by atoms with Crippen molar-refractivity contribution in [3.05, 3.63) is 43.3 Å². The van der Waals surface area contributed by atoms with Crippen LogP contribution in [0.15, 0.2) is 24.3 Å². The van der Waals surface area contributed by atoms with Crippen LogP contribution in [0.25, 0.3) is 0 Å². The van der Waals surface area contributed by atoms with Crippen LogP contribution < -0.4 is 0 Å². The predicted molar refractivity (Wildman–Crippen MR) is 61.4 cm³/mol. The van der Waals surface area contributed by atoms with Gasteiger partial charge in [0.25, 0.3) is 0 Å². The molecule has 1 fully saturated rings. The summed E-state index contributed by atoms with van der Waals surface area (Å²) in [4.78, 5) is 24.3. The number of hydrogen-bond acceptors (Lipinski definition) is 2. The van der Waals surface area contributed by atoms with Gasteiger partial charge in [-0.25, -0.2) is 0 Å². The molecule has 0 spiro atoms. The number of nitrogens with zero attached hydrogens (tertiary/aromatic N) is 1. The zero-order valence-electron chi connectivity index (χ0n) is 10.1. The van der Waals surface area contributed by atoms with Crippen LogP contribution in [0.4, 0.5) is 0 Å². The zero-order valence-corrected chi connectivity index (χ0v) is 13.0. The van der Waals surface area contributed by atoms with Crippen LogP contribution in [0.3, 0.4) is 0 Å². The van der Waals surface area contributed by atoms with Gasteiger partial charge in [0.15, 0.2) is 0 Å². The Kier molecular flexibility index (Phi) is 6.80. The standard InChI is InChI=1S/C12H12NO2.CH3.Y/c1-13-11(14)8-7-10(12(13)15)9-5-3-2-4-6-9;;/h3-6,10H,7-8H2,1H3;1H3;/q2*-1;. The van der Waals surface area contributed by atoms with E-state index < -0.39 is 0 Å². The molecule has 1 aromatic rings. The van der Waals surface area contributed by atoms with E-state index in [4.69, 9.17) is 0 Å². The van der Waals surface area contributed by atoms with Gasteiger partial charge in [0.05, 0.1) is 0 Å². The number of rotatable bonds is 1. The van der Waals surface area contributed by atoms with Crippen molar-refractivity contribution in [1.82, 2.24) is 4.90 Å². The Morgan fingerprint density at radius 2 is 1.88 bits per heavy atom. The Morgan fingerprint density at radius 3 is 2.47 bits per heavy atom. The Morgan fingerprint density at radius 1 is 1.29 bits per heavy atom. The molecule has 2 amide bonds. The van der Waals surface area contributed by atoms with E-state index in [1.807, 2.05) is 12.1 Å². The minimum Gasteiger partial charge on any atom is -0.358 e. The molecule has 1 heterocycles. The van der Waals surface area contributed by atoms with Crippen molar-refractivity contribution in [2.45, 2.75) is 18.8 Å². The summed E-state index contributed by atoms with van der Waals surface area (Å²) in [6.45, 7) is 0. The first-order valence-electron chi connectivity index (χ1n) is 4.96. The van der Waals surface area contributed by atoms with E-state index >= 15 is 0 Å². The Hall–Kier alpha value is -0.536. The number of likely N-dealkylation sites (N-methyl/N-ethyl adjacent to an activating group) is 1. The SMILES string of the molecule is CN1C(=O)CCC(c2cc[c-]cc2)C1=O.[CH3-].[Y]. The van der Waals surface area contributed by atoms with Crippen LogP contribution >= 0.6 is 0 Å². The maximum atomic E-state index is 11.8. The number of piperidine rings is 1. The third-order valence-electron chi connectivity index (χ3n) is 2.80. The molecule has 1 aliphatic heterocycles. The number of likely N-dealkylation sites (tertiary alicyclic amines) is 1. The van der Waals surface area contributed by atoms with Crippen LogP contribution in [-0.2, 0) is 42.3 Å². The summed E-state index contributed by atoms with van der Waals surface area (Å²) in [5.41, 5.74) is 0.970. The molecule has 1 unspecified atom stereocenters. The molecule has 0 bridgehead atoms. The minimum atomic E-state index is -0.165. The van der Waals surface area contributed by atoms with Crippen LogP contribution in [0.5, 0.6) is 0 Å². The van der Waals surface area contributed by atoms with E-state index in [2.05, 4.69) is 6.07 Å². The molecule has 1 radical (unpaired) electrons. The summed E-state index contributed by atoms with van der Waals surface area (Å²) < 4.78 is 0. The molecule has 4 heteroatoms. The second-order valence-electron chi connectivity index (χ2n) is 3.72. The summed E-state index contributed by atoms with van der Waals surface area (Å²) in [6, 6.07) is 10.3. The first-order chi connectivity index (χ1) is 7.20. The Labute approximate surface area is 127 Å². The Balaban J connectivity index is 0.00000128. The fourth-order valence-corrected chi connectivity index (χ4v) is 1.86. The molecule has 0 aliphatic carbocycles. The summed E-state index contributed by atoms with van der Waals surface area (Å²) in [6.07, 6.45) is 1.07. The third-order valence-corrected chi connectivity index (χ3v) is 2.80. The van der Waals surface area contributed by atoms with Crippen molar-refractivity contribution >= 4 is 11.8 Å². The van der Waals surface area contributed by atoms with E-state index in [1.165, 1.54) is 4.90 Å². The third kappa shape index (κ3) is 3.46. The van der Waals surface area contributed by atoms with Gasteiger partial charge in [-0.05, 0) is 6.42 Å². The monoisotopic (exact) mass is 306 g/mol. The van der Waals surface area contributed by atoms with Gasteiger partial charge in [-0.3, -0.25) is 14.5 Å². The molecule has 0 saturated carbocycles. The van der Waals surface area contributed by atoms with Crippen LogP contribution in [0.2, 0.25) is 0 Å². The molecule has 1 saturated heterocycles. The Bertz CT molecular complexity index is 392. The van der Waals surface area contributed by atoms with Gasteiger partial charge in [-0.2, -0.15) is 30.3 Å². The van der Waals surface area contributed by atoms with Crippen molar-refractivity contribution in [3.8, 4) is 0 Å². The molecular weight excluding hydrogens is 291 g/mol. The number of imide groups is 1. The molecule has 2 rings (SSSR count). The summed E-state index contributed by atoms with van der Waals surface area (Å²) in [5, 5.41) is 0. The topological polar surface area (TPSA) is 37.4 Å². The maximum Gasteiger partial charge on any atom is 0.234 e. The van der Waals surface area contributed by atoms with E-state index in [1.54, 1.807) is 19.2 Å². The fraction of sp³-hybridized carbons (Fsp3) is 0.308. The van der Waals surface area contributed by atoms with Gasteiger partial charge in [0.2, 0.25) is 11.8 Å². The van der Waals surface area contributed by atoms with E-state index in [0.29, 0.717) is 12.8 Å². The van der Waals surface area contributed by atoms with Crippen LogP contribution in [0.1, 0.15) is 24.3 Å². The van der Waals surface area contributed by atoms with E-state index in [9.17, 15) is 9.59 Å². The zero-order chi connectivity index (χ0) is 10.8. The number of carbonyl (C=O) groups excluding carboxylic acids is 2. The van der Waals surface area contributed by atoms with Crippen LogP contribution in [-0.4, -0.2) is 23.8 Å². The van der Waals surface area contributed by atoms with Crippen molar-refractivity contribution in [2.75, 3.05) is 7.05 Å². The number of benzene rings is 1. The number of carbonyl (C=O) groups is 2. The summed E-state index contributed by atoms with van der Waals surface area (Å²) in [5.74, 6) is -0.349. The first kappa shape index (κ1) is 16.5. The smallest absolute Gasteiger partial charge is 0.234 e. The first-order valence-corrected chi connectivity index (χ1v) is 4.96. The normalized spacial score (nSPS) is 19.4. The average molecular weight is 306 g/mol. The van der Waals surface area contributed by atoms with Crippen molar-refractivity contribution in [2.24, 2.45) is 0 Å². The average Bonchev–Trinajstić information content (AvgIpc) is 2.27. The number of hydrogen-bond donors (Lipinski definition) is 0. The minimum absolute atomic E-state index is 0. The molecule has 1 aromatic carbocycles. The largest absolute Gasteiger partial charge is 0.358 e. The molecule has 0 N–H and O–H groups in total. The molecule has 1 aliphatic rings. The predicted octanol–water partition coefficient (Wildman–Crippen LogP) is 1.80. The van der Waals surface area contributed by atoms with Gasteiger partial charge >= 0.3 is 0 Å². The molecule has 1 atom stereocenters. The van der Waals surface area contributed by atoms with Gasteiger partial charge in [-0.15, -0.1) is 5.56 Å². The van der Waals surface area contributed by atoms with Crippen LogP contribution in [0, 0.1) is 13.5 Å². The van der Waals surface area contributed by atoms with Gasteiger partial charge in [-0.1, -0.05) is 0 Å². The van der Waals surface area contributed by atoms with Gasteiger partial charge < -0.3 is 7.43 Å². The molecule has 89 valence electrons. The van der Waals surface area contributed by atoms with E-state index in [0.717, 1.165) is 5.56 Å². The second kappa shape index (κ2) is 7.02. The number of amides is 2. The quantitative estimate of drug-likeness (QED) is 0.586. The van der Waals surface area contributed by atoms with Gasteiger partial charge in [0.1, 0.15) is 0 Å². The maximum absolute atomic E-state index is 11.8. The van der Waals surface area contributed by atoms with Crippen molar-refractivity contribution in [1.29, 1.82) is 0 Å². The summed E-state index contributed by atoms with van der Waals surface area (Å²) >= 11 is 0. The van der Waals surface area contributed by atoms with Crippen molar-refractivity contribution in [3.63, 3.8) is 0 Å².